The molecule has 166 valence electrons. The Morgan fingerprint density at radius 1 is 0.812 bits per heavy atom. The number of rotatable bonds is 6. The van der Waals surface area contributed by atoms with Crippen molar-refractivity contribution in [2.24, 2.45) is 5.41 Å². The van der Waals surface area contributed by atoms with Crippen molar-refractivity contribution in [1.82, 2.24) is 0 Å². The van der Waals surface area contributed by atoms with E-state index in [4.69, 9.17) is 0 Å². The van der Waals surface area contributed by atoms with E-state index in [0.717, 1.165) is 23.3 Å². The quantitative estimate of drug-likeness (QED) is 0.286. The van der Waals surface area contributed by atoms with E-state index in [0.29, 0.717) is 11.1 Å². The topological polar surface area (TPSA) is 17.1 Å². The van der Waals surface area contributed by atoms with Gasteiger partial charge in [-0.2, -0.15) is 13.2 Å². The summed E-state index contributed by atoms with van der Waals surface area (Å²) in [6.07, 6.45) is -2.57. The number of hydrogen-bond donors (Lipinski definition) is 0. The Morgan fingerprint density at radius 3 is 1.72 bits per heavy atom. The molecular formula is C28H27F3O. The van der Waals surface area contributed by atoms with Gasteiger partial charge in [0.15, 0.2) is 5.78 Å². The summed E-state index contributed by atoms with van der Waals surface area (Å²) in [6, 6.07) is 22.5. The van der Waals surface area contributed by atoms with Gasteiger partial charge >= 0.3 is 6.18 Å². The minimum Gasteiger partial charge on any atom is -0.294 e. The molecule has 0 aromatic heterocycles. The third kappa shape index (κ3) is 4.69. The van der Waals surface area contributed by atoms with Gasteiger partial charge in [-0.25, -0.2) is 0 Å². The molecule has 32 heavy (non-hydrogen) atoms. The molecule has 4 heteroatoms. The van der Waals surface area contributed by atoms with Gasteiger partial charge in [0.1, 0.15) is 0 Å². The average Bonchev–Trinajstić information content (AvgIpc) is 2.77. The zero-order chi connectivity index (χ0) is 23.6. The van der Waals surface area contributed by atoms with Crippen molar-refractivity contribution >= 4 is 5.78 Å². The maximum atomic E-state index is 13.6. The Balaban J connectivity index is 2.28. The summed E-state index contributed by atoms with van der Waals surface area (Å²) in [4.78, 5) is 13.2. The monoisotopic (exact) mass is 436 g/mol. The largest absolute Gasteiger partial charge is 0.416 e. The van der Waals surface area contributed by atoms with Gasteiger partial charge in [-0.1, -0.05) is 93.6 Å². The fourth-order valence-electron chi connectivity index (χ4n) is 3.99. The van der Waals surface area contributed by atoms with E-state index in [-0.39, 0.29) is 12.2 Å². The van der Waals surface area contributed by atoms with Gasteiger partial charge in [0.25, 0.3) is 0 Å². The average molecular weight is 437 g/mol. The third-order valence-corrected chi connectivity index (χ3v) is 5.75. The summed E-state index contributed by atoms with van der Waals surface area (Å²) in [5.41, 5.74) is 0.151. The van der Waals surface area contributed by atoms with Crippen molar-refractivity contribution in [3.63, 3.8) is 0 Å². The first-order valence-electron chi connectivity index (χ1n) is 10.5. The van der Waals surface area contributed by atoms with Crippen LogP contribution >= 0.6 is 0 Å². The normalized spacial score (nSPS) is 12.4. The number of alkyl halides is 3. The molecule has 0 radical (unpaired) electrons. The lowest BCUT2D eigenvalue weighted by Crippen LogP contribution is -2.30. The first kappa shape index (κ1) is 23.5. The number of carbonyl (C=O) groups is 1. The van der Waals surface area contributed by atoms with Crippen molar-refractivity contribution < 1.29 is 18.0 Å². The highest BCUT2D eigenvalue weighted by atomic mass is 19.4. The fourth-order valence-corrected chi connectivity index (χ4v) is 3.99. The first-order valence-corrected chi connectivity index (χ1v) is 10.5. The SMILES string of the molecule is C=CC(Cc1cc(C(F)(F)F)ccc1C(=O)C(C)(C)C)(c1ccccc1)c1ccccc1. The summed E-state index contributed by atoms with van der Waals surface area (Å²) in [6.45, 7) is 9.38. The van der Waals surface area contributed by atoms with E-state index < -0.39 is 22.6 Å². The highest BCUT2D eigenvalue weighted by Crippen LogP contribution is 2.40. The zero-order valence-electron chi connectivity index (χ0n) is 18.5. The standard InChI is InChI=1S/C28H27F3O/c1-5-27(21-12-8-6-9-13-21,22-14-10-7-11-15-22)19-20-18-23(28(29,30)31)16-17-24(20)25(32)26(2,3)4/h5-18H,1,19H2,2-4H3. The second-order valence-electron chi connectivity index (χ2n) is 9.03. The molecule has 0 aliphatic heterocycles. The molecule has 0 atom stereocenters. The van der Waals surface area contributed by atoms with Crippen LogP contribution in [0.3, 0.4) is 0 Å². The third-order valence-electron chi connectivity index (χ3n) is 5.75. The molecule has 0 spiro atoms. The van der Waals surface area contributed by atoms with E-state index in [9.17, 15) is 18.0 Å². The van der Waals surface area contributed by atoms with Gasteiger partial charge < -0.3 is 0 Å². The van der Waals surface area contributed by atoms with Gasteiger partial charge in [0.2, 0.25) is 0 Å². The van der Waals surface area contributed by atoms with Crippen molar-refractivity contribution in [3.8, 4) is 0 Å². The van der Waals surface area contributed by atoms with E-state index in [1.54, 1.807) is 26.8 Å². The highest BCUT2D eigenvalue weighted by Gasteiger charge is 2.37. The molecule has 0 aliphatic rings. The van der Waals surface area contributed by atoms with E-state index in [1.807, 2.05) is 60.7 Å². The molecule has 0 unspecified atom stereocenters. The smallest absolute Gasteiger partial charge is 0.294 e. The maximum Gasteiger partial charge on any atom is 0.416 e. The van der Waals surface area contributed by atoms with E-state index in [1.165, 1.54) is 6.07 Å². The van der Waals surface area contributed by atoms with Crippen LogP contribution in [0, 0.1) is 5.41 Å². The summed E-state index contributed by atoms with van der Waals surface area (Å²) in [5.74, 6) is -0.194. The molecule has 1 nitrogen and oxygen atoms in total. The van der Waals surface area contributed by atoms with Crippen LogP contribution in [0.15, 0.2) is 91.5 Å². The van der Waals surface area contributed by atoms with Gasteiger partial charge in [-0.05, 0) is 35.2 Å². The zero-order valence-corrected chi connectivity index (χ0v) is 18.5. The van der Waals surface area contributed by atoms with E-state index in [2.05, 4.69) is 6.58 Å². The van der Waals surface area contributed by atoms with E-state index >= 15 is 0 Å². The van der Waals surface area contributed by atoms with Crippen LogP contribution in [-0.4, -0.2) is 5.78 Å². The number of allylic oxidation sites excluding steroid dienone is 1. The van der Waals surface area contributed by atoms with Crippen LogP contribution in [0.25, 0.3) is 0 Å². The number of Topliss-reactive ketones (excluding diaryl/α,β-unsaturated/α-hetero) is 1. The molecule has 0 heterocycles. The lowest BCUT2D eigenvalue weighted by molar-refractivity contribution is -0.137. The van der Waals surface area contributed by atoms with Gasteiger partial charge in [-0.15, -0.1) is 6.58 Å². The molecule has 0 fully saturated rings. The van der Waals surface area contributed by atoms with Crippen molar-refractivity contribution in [3.05, 3.63) is 119 Å². The van der Waals surface area contributed by atoms with Crippen LogP contribution < -0.4 is 0 Å². The summed E-state index contributed by atoms with van der Waals surface area (Å²) in [7, 11) is 0. The fraction of sp³-hybridized carbons (Fsp3) is 0.250. The number of hydrogen-bond acceptors (Lipinski definition) is 1. The molecular weight excluding hydrogens is 409 g/mol. The van der Waals surface area contributed by atoms with Crippen LogP contribution in [0.1, 0.15) is 53.4 Å². The van der Waals surface area contributed by atoms with Crippen LogP contribution in [-0.2, 0) is 18.0 Å². The lowest BCUT2D eigenvalue weighted by atomic mass is 9.69. The lowest BCUT2D eigenvalue weighted by Gasteiger charge is -2.33. The molecule has 0 amide bonds. The van der Waals surface area contributed by atoms with Crippen LogP contribution in [0.4, 0.5) is 13.2 Å². The van der Waals surface area contributed by atoms with Gasteiger partial charge in [0, 0.05) is 16.4 Å². The molecule has 3 aromatic carbocycles. The predicted molar refractivity (Wildman–Crippen MR) is 123 cm³/mol. The van der Waals surface area contributed by atoms with Crippen molar-refractivity contribution in [2.75, 3.05) is 0 Å². The summed E-state index contributed by atoms with van der Waals surface area (Å²) < 4.78 is 40.8. The molecule has 0 N–H and O–H groups in total. The first-order chi connectivity index (χ1) is 15.0. The Labute approximate surface area is 187 Å². The number of carbonyl (C=O) groups excluding carboxylic acids is 1. The van der Waals surface area contributed by atoms with Crippen LogP contribution in [0.2, 0.25) is 0 Å². The van der Waals surface area contributed by atoms with Crippen molar-refractivity contribution in [2.45, 2.75) is 38.8 Å². The molecule has 0 aliphatic carbocycles. The molecule has 3 aromatic rings. The Bertz CT molecular complexity index is 1050. The number of halogens is 3. The predicted octanol–water partition coefficient (Wildman–Crippen LogP) is 7.65. The maximum absolute atomic E-state index is 13.6. The Kier molecular flexibility index (Phi) is 6.45. The van der Waals surface area contributed by atoms with Crippen LogP contribution in [0.5, 0.6) is 0 Å². The highest BCUT2D eigenvalue weighted by molar-refractivity contribution is 6.01. The molecule has 3 rings (SSSR count). The second-order valence-corrected chi connectivity index (χ2v) is 9.03. The number of ketones is 1. The summed E-state index contributed by atoms with van der Waals surface area (Å²) in [5, 5.41) is 0. The summed E-state index contributed by atoms with van der Waals surface area (Å²) >= 11 is 0. The Morgan fingerprint density at radius 2 is 1.31 bits per heavy atom. The van der Waals surface area contributed by atoms with Gasteiger partial charge in [-0.3, -0.25) is 4.79 Å². The molecule has 0 saturated carbocycles. The minimum absolute atomic E-state index is 0.172. The van der Waals surface area contributed by atoms with Gasteiger partial charge in [0.05, 0.1) is 5.56 Å². The Hall–Kier alpha value is -3.14. The molecule has 0 saturated heterocycles. The number of benzene rings is 3. The minimum atomic E-state index is -4.51. The van der Waals surface area contributed by atoms with Crippen molar-refractivity contribution in [1.29, 1.82) is 0 Å². The molecule has 0 bridgehead atoms. The second kappa shape index (κ2) is 8.78.